The smallest absolute Gasteiger partial charge is 0.0416 e. The molecule has 1 atom stereocenters. The molecular weight excluding hydrogens is 160 g/mol. The molecule has 1 rings (SSSR count). The summed E-state index contributed by atoms with van der Waals surface area (Å²) < 4.78 is 18.3. The molecule has 0 radical (unpaired) electrons. The van der Waals surface area contributed by atoms with Gasteiger partial charge in [-0.2, -0.15) is 0 Å². The second kappa shape index (κ2) is 3.11. The molecule has 0 aliphatic carbocycles. The van der Waals surface area contributed by atoms with Crippen molar-refractivity contribution in [2.45, 2.75) is 6.92 Å². The summed E-state index contributed by atoms with van der Waals surface area (Å²) in [6.45, 7) is 5.29. The van der Waals surface area contributed by atoms with Gasteiger partial charge in [0.2, 0.25) is 0 Å². The summed E-state index contributed by atoms with van der Waals surface area (Å²) in [5.74, 6) is 1.11. The highest BCUT2D eigenvalue weighted by Gasteiger charge is 2.26. The Hall–Kier alpha value is -0.0900. The van der Waals surface area contributed by atoms with Crippen LogP contribution in [0.4, 0.5) is 0 Å². The highest BCUT2D eigenvalue weighted by Crippen LogP contribution is 2.16. The first-order valence-electron chi connectivity index (χ1n) is 3.95. The van der Waals surface area contributed by atoms with Crippen molar-refractivity contribution in [2.24, 2.45) is 5.92 Å². The molecule has 0 aromatic rings. The Balaban J connectivity index is 2.24. The molecule has 1 N–H and O–H groups in total. The molecule has 0 amide bonds. The molecule has 0 bridgehead atoms. The van der Waals surface area contributed by atoms with Crippen LogP contribution in [0.25, 0.3) is 0 Å². The van der Waals surface area contributed by atoms with Gasteiger partial charge in [-0.05, 0) is 12.5 Å². The van der Waals surface area contributed by atoms with Gasteiger partial charge < -0.3 is 4.90 Å². The zero-order chi connectivity index (χ0) is 8.48. The summed E-state index contributed by atoms with van der Waals surface area (Å²) in [5, 5.41) is 0. The Bertz CT molecular complexity index is 217. The van der Waals surface area contributed by atoms with E-state index in [9.17, 15) is 4.21 Å². The fourth-order valence-corrected chi connectivity index (χ4v) is 2.60. The van der Waals surface area contributed by atoms with Crippen LogP contribution in [0.2, 0.25) is 0 Å². The van der Waals surface area contributed by atoms with Crippen molar-refractivity contribution in [3.05, 3.63) is 0 Å². The van der Waals surface area contributed by atoms with Crippen LogP contribution in [0.3, 0.4) is 0 Å². The normalized spacial score (nSPS) is 26.0. The van der Waals surface area contributed by atoms with Gasteiger partial charge in [0.1, 0.15) is 0 Å². The summed E-state index contributed by atoms with van der Waals surface area (Å²) in [4.78, 5) is 2.30. The van der Waals surface area contributed by atoms with Crippen molar-refractivity contribution in [2.75, 3.05) is 31.6 Å². The molecule has 0 spiro atoms. The molecule has 66 valence electrons. The molecule has 0 aromatic heterocycles. The number of nitrogens with zero attached hydrogens (tertiary/aromatic N) is 1. The minimum absolute atomic E-state index is 0.518. The number of rotatable bonds is 3. The fraction of sp³-hybridized carbons (Fsp3) is 1.00. The van der Waals surface area contributed by atoms with Crippen LogP contribution in [-0.2, 0) is 9.73 Å². The monoisotopic (exact) mass is 176 g/mol. The van der Waals surface area contributed by atoms with Crippen molar-refractivity contribution in [1.29, 1.82) is 4.78 Å². The van der Waals surface area contributed by atoms with Crippen molar-refractivity contribution in [3.8, 4) is 0 Å². The van der Waals surface area contributed by atoms with Gasteiger partial charge in [0.15, 0.2) is 0 Å². The first-order valence-corrected chi connectivity index (χ1v) is 6.08. The van der Waals surface area contributed by atoms with E-state index in [0.717, 1.165) is 19.6 Å². The van der Waals surface area contributed by atoms with Gasteiger partial charge >= 0.3 is 0 Å². The standard InChI is InChI=1S/C7H16N2OS/c1-3-9-4-7(5-9)6-11(2,8)10/h7-8H,3-6H2,1-2H3. The van der Waals surface area contributed by atoms with Crippen molar-refractivity contribution in [3.63, 3.8) is 0 Å². The quantitative estimate of drug-likeness (QED) is 0.685. The van der Waals surface area contributed by atoms with E-state index in [1.165, 1.54) is 6.26 Å². The highest BCUT2D eigenvalue weighted by atomic mass is 32.2. The predicted octanol–water partition coefficient (Wildman–Crippen LogP) is 0.615. The third kappa shape index (κ3) is 2.79. The molecule has 1 aliphatic rings. The van der Waals surface area contributed by atoms with E-state index < -0.39 is 9.73 Å². The lowest BCUT2D eigenvalue weighted by Gasteiger charge is -2.38. The Morgan fingerprint density at radius 2 is 2.18 bits per heavy atom. The van der Waals surface area contributed by atoms with E-state index in [1.807, 2.05) is 0 Å². The van der Waals surface area contributed by atoms with Crippen molar-refractivity contribution in [1.82, 2.24) is 4.90 Å². The number of nitrogens with one attached hydrogen (secondary N) is 1. The predicted molar refractivity (Wildman–Crippen MR) is 47.3 cm³/mol. The van der Waals surface area contributed by atoms with Crippen LogP contribution >= 0.6 is 0 Å². The molecule has 1 aliphatic heterocycles. The zero-order valence-corrected chi connectivity index (χ0v) is 7.99. The molecule has 1 unspecified atom stereocenters. The van der Waals surface area contributed by atoms with Gasteiger partial charge in [-0.1, -0.05) is 6.92 Å². The van der Waals surface area contributed by atoms with E-state index >= 15 is 0 Å². The van der Waals surface area contributed by atoms with E-state index in [2.05, 4.69) is 11.8 Å². The molecule has 3 nitrogen and oxygen atoms in total. The molecule has 1 fully saturated rings. The van der Waals surface area contributed by atoms with Crippen LogP contribution in [0, 0.1) is 10.7 Å². The average molecular weight is 176 g/mol. The zero-order valence-electron chi connectivity index (χ0n) is 7.17. The van der Waals surface area contributed by atoms with Crippen LogP contribution in [0.15, 0.2) is 0 Å². The van der Waals surface area contributed by atoms with E-state index in [0.29, 0.717) is 11.7 Å². The minimum atomic E-state index is -2.24. The SMILES string of the molecule is CCN1CC(CS(C)(=N)=O)C1. The van der Waals surface area contributed by atoms with Gasteiger partial charge in [0.05, 0.1) is 0 Å². The molecule has 0 aromatic carbocycles. The fourth-order valence-electron chi connectivity index (χ4n) is 1.49. The summed E-state index contributed by atoms with van der Waals surface area (Å²) in [5.41, 5.74) is 0. The number of hydrogen-bond donors (Lipinski definition) is 1. The lowest BCUT2D eigenvalue weighted by Crippen LogP contribution is -2.48. The Kier molecular flexibility index (Phi) is 2.54. The maximum Gasteiger partial charge on any atom is 0.0416 e. The first kappa shape index (κ1) is 9.00. The van der Waals surface area contributed by atoms with Crippen molar-refractivity contribution >= 4 is 9.73 Å². The highest BCUT2D eigenvalue weighted by molar-refractivity contribution is 7.91. The molecule has 11 heavy (non-hydrogen) atoms. The van der Waals surface area contributed by atoms with E-state index in [1.54, 1.807) is 0 Å². The molecule has 0 saturated carbocycles. The van der Waals surface area contributed by atoms with Crippen LogP contribution < -0.4 is 0 Å². The summed E-state index contributed by atoms with van der Waals surface area (Å²) in [6.07, 6.45) is 1.53. The van der Waals surface area contributed by atoms with Crippen LogP contribution in [-0.4, -0.2) is 40.8 Å². The lowest BCUT2D eigenvalue weighted by atomic mass is 10.0. The average Bonchev–Trinajstić information content (AvgIpc) is 1.75. The minimum Gasteiger partial charge on any atom is -0.303 e. The van der Waals surface area contributed by atoms with Crippen molar-refractivity contribution < 1.29 is 4.21 Å². The van der Waals surface area contributed by atoms with E-state index in [4.69, 9.17) is 4.78 Å². The van der Waals surface area contributed by atoms with Gasteiger partial charge in [-0.15, -0.1) is 0 Å². The summed E-state index contributed by atoms with van der Waals surface area (Å²) in [7, 11) is -2.24. The number of hydrogen-bond acceptors (Lipinski definition) is 3. The summed E-state index contributed by atoms with van der Waals surface area (Å²) >= 11 is 0. The Labute approximate surface area is 68.8 Å². The molecule has 4 heteroatoms. The molecular formula is C7H16N2OS. The Morgan fingerprint density at radius 1 is 1.64 bits per heavy atom. The largest absolute Gasteiger partial charge is 0.303 e. The maximum atomic E-state index is 11.0. The van der Waals surface area contributed by atoms with E-state index in [-0.39, 0.29) is 0 Å². The topological polar surface area (TPSA) is 44.2 Å². The summed E-state index contributed by atoms with van der Waals surface area (Å²) in [6, 6.07) is 0. The number of likely N-dealkylation sites (tertiary alicyclic amines) is 1. The van der Waals surface area contributed by atoms with Gasteiger partial charge in [0, 0.05) is 34.8 Å². The van der Waals surface area contributed by atoms with Crippen LogP contribution in [0.5, 0.6) is 0 Å². The van der Waals surface area contributed by atoms with Gasteiger partial charge in [-0.25, -0.2) is 0 Å². The maximum absolute atomic E-state index is 11.0. The van der Waals surface area contributed by atoms with Crippen LogP contribution in [0.1, 0.15) is 6.92 Å². The third-order valence-electron chi connectivity index (χ3n) is 2.03. The van der Waals surface area contributed by atoms with Gasteiger partial charge in [-0.3, -0.25) is 8.99 Å². The second-order valence-electron chi connectivity index (χ2n) is 3.39. The second-order valence-corrected chi connectivity index (χ2v) is 5.73. The molecule has 1 saturated heterocycles. The first-order chi connectivity index (χ1) is 5.01. The Morgan fingerprint density at radius 3 is 2.55 bits per heavy atom. The molecule has 1 heterocycles. The van der Waals surface area contributed by atoms with Gasteiger partial charge in [0.25, 0.3) is 0 Å². The lowest BCUT2D eigenvalue weighted by molar-refractivity contribution is 0.123. The third-order valence-corrected chi connectivity index (χ3v) is 3.14.